The molecule has 0 amide bonds. The van der Waals surface area contributed by atoms with Gasteiger partial charge in [-0.2, -0.15) is 0 Å². The number of hydrogen-bond acceptors (Lipinski definition) is 7. The topological polar surface area (TPSA) is 88.1 Å². The first-order chi connectivity index (χ1) is 16.1. The van der Waals surface area contributed by atoms with Crippen LogP contribution in [0.1, 0.15) is 31.1 Å². The second-order valence-corrected chi connectivity index (χ2v) is 7.11. The van der Waals surface area contributed by atoms with E-state index in [-0.39, 0.29) is 12.4 Å². The Morgan fingerprint density at radius 3 is 1.61 bits per heavy atom. The Hall–Kier alpha value is -4.39. The lowest BCUT2D eigenvalue weighted by atomic mass is 10.1. The van der Waals surface area contributed by atoms with Crippen LogP contribution < -0.4 is 0 Å². The van der Waals surface area contributed by atoms with Crippen molar-refractivity contribution in [3.63, 3.8) is 0 Å². The second-order valence-electron chi connectivity index (χ2n) is 7.11. The van der Waals surface area contributed by atoms with Crippen molar-refractivity contribution in [3.05, 3.63) is 120 Å². The molecule has 33 heavy (non-hydrogen) atoms. The number of esters is 3. The molecule has 7 nitrogen and oxygen atoms in total. The number of carbonyl (C=O) groups excluding carboxylic acids is 3. The fourth-order valence-corrected chi connectivity index (χ4v) is 3.15. The van der Waals surface area contributed by atoms with E-state index < -0.39 is 30.1 Å². The van der Waals surface area contributed by atoms with E-state index in [2.05, 4.69) is 0 Å². The van der Waals surface area contributed by atoms with Crippen LogP contribution in [0, 0.1) is 0 Å². The van der Waals surface area contributed by atoms with E-state index in [0.717, 1.165) is 0 Å². The Labute approximate surface area is 190 Å². The van der Waals surface area contributed by atoms with Crippen LogP contribution in [-0.2, 0) is 18.9 Å². The predicted molar refractivity (Wildman–Crippen MR) is 117 cm³/mol. The molecule has 166 valence electrons. The largest absolute Gasteiger partial charge is 0.493 e. The third kappa shape index (κ3) is 5.46. The van der Waals surface area contributed by atoms with Crippen LogP contribution in [0.2, 0.25) is 0 Å². The zero-order chi connectivity index (χ0) is 23.0. The maximum absolute atomic E-state index is 12.7. The molecule has 2 atom stereocenters. The number of rotatable bonds is 6. The van der Waals surface area contributed by atoms with E-state index in [1.54, 1.807) is 91.0 Å². The summed E-state index contributed by atoms with van der Waals surface area (Å²) in [6, 6.07) is 25.0. The fourth-order valence-electron chi connectivity index (χ4n) is 3.15. The molecule has 0 spiro atoms. The summed E-state index contributed by atoms with van der Waals surface area (Å²) < 4.78 is 22.1. The third-order valence-corrected chi connectivity index (χ3v) is 4.81. The minimum absolute atomic E-state index is 0.0785. The van der Waals surface area contributed by atoms with Crippen molar-refractivity contribution in [1.29, 1.82) is 0 Å². The van der Waals surface area contributed by atoms with Gasteiger partial charge in [0, 0.05) is 0 Å². The fraction of sp³-hybridized carbons (Fsp3) is 0.115. The average Bonchev–Trinajstić information content (AvgIpc) is 2.87. The lowest BCUT2D eigenvalue weighted by Crippen LogP contribution is -2.43. The summed E-state index contributed by atoms with van der Waals surface area (Å²) >= 11 is 0. The Morgan fingerprint density at radius 1 is 0.636 bits per heavy atom. The molecule has 0 N–H and O–H groups in total. The SMILES string of the molecule is O=C(OC1=COCC(OC(=O)c2ccccc2)C1OC(=O)c1ccccc1)c1ccccc1. The maximum Gasteiger partial charge on any atom is 0.343 e. The quantitative estimate of drug-likeness (QED) is 0.417. The van der Waals surface area contributed by atoms with Gasteiger partial charge >= 0.3 is 17.9 Å². The van der Waals surface area contributed by atoms with E-state index in [9.17, 15) is 14.4 Å². The van der Waals surface area contributed by atoms with Crippen molar-refractivity contribution in [2.24, 2.45) is 0 Å². The molecule has 3 aromatic rings. The van der Waals surface area contributed by atoms with Gasteiger partial charge in [0.15, 0.2) is 11.9 Å². The first-order valence-corrected chi connectivity index (χ1v) is 10.2. The van der Waals surface area contributed by atoms with Gasteiger partial charge in [-0.3, -0.25) is 0 Å². The molecule has 2 unspecified atom stereocenters. The zero-order valence-corrected chi connectivity index (χ0v) is 17.5. The lowest BCUT2D eigenvalue weighted by molar-refractivity contribution is -0.0706. The highest BCUT2D eigenvalue weighted by molar-refractivity contribution is 5.91. The zero-order valence-electron chi connectivity index (χ0n) is 17.5. The van der Waals surface area contributed by atoms with Gasteiger partial charge in [-0.1, -0.05) is 54.6 Å². The molecule has 1 heterocycles. The van der Waals surface area contributed by atoms with Crippen LogP contribution in [0.15, 0.2) is 103 Å². The number of ether oxygens (including phenoxy) is 4. The summed E-state index contributed by atoms with van der Waals surface area (Å²) in [5, 5.41) is 0. The van der Waals surface area contributed by atoms with Crippen LogP contribution in [0.4, 0.5) is 0 Å². The van der Waals surface area contributed by atoms with Crippen molar-refractivity contribution in [2.45, 2.75) is 12.2 Å². The first-order valence-electron chi connectivity index (χ1n) is 10.2. The highest BCUT2D eigenvalue weighted by atomic mass is 16.6. The van der Waals surface area contributed by atoms with Gasteiger partial charge in [-0.15, -0.1) is 0 Å². The molecule has 0 saturated heterocycles. The molecule has 0 fully saturated rings. The molecule has 7 heteroatoms. The molecule has 1 aliphatic rings. The van der Waals surface area contributed by atoms with E-state index in [0.29, 0.717) is 16.7 Å². The molecule has 4 rings (SSSR count). The second kappa shape index (κ2) is 10.3. The molecule has 0 aliphatic carbocycles. The molecule has 1 aliphatic heterocycles. The summed E-state index contributed by atoms with van der Waals surface area (Å²) in [7, 11) is 0. The number of benzene rings is 3. The van der Waals surface area contributed by atoms with E-state index in [1.807, 2.05) is 0 Å². The Morgan fingerprint density at radius 2 is 1.09 bits per heavy atom. The van der Waals surface area contributed by atoms with Crippen molar-refractivity contribution in [1.82, 2.24) is 0 Å². The van der Waals surface area contributed by atoms with Gasteiger partial charge in [-0.25, -0.2) is 14.4 Å². The van der Waals surface area contributed by atoms with Gasteiger partial charge in [0.2, 0.25) is 6.10 Å². The van der Waals surface area contributed by atoms with Crippen molar-refractivity contribution < 1.29 is 33.3 Å². The molecule has 3 aromatic carbocycles. The summed E-state index contributed by atoms with van der Waals surface area (Å²) in [6.45, 7) is -0.0856. The molecule has 0 saturated carbocycles. The summed E-state index contributed by atoms with van der Waals surface area (Å²) in [5.74, 6) is -2.03. The van der Waals surface area contributed by atoms with Crippen LogP contribution in [0.25, 0.3) is 0 Å². The van der Waals surface area contributed by atoms with E-state index in [4.69, 9.17) is 18.9 Å². The average molecular weight is 444 g/mol. The molecular formula is C26H20O7. The van der Waals surface area contributed by atoms with E-state index in [1.165, 1.54) is 6.26 Å². The number of hydrogen-bond donors (Lipinski definition) is 0. The number of carbonyl (C=O) groups is 3. The van der Waals surface area contributed by atoms with Crippen LogP contribution in [-0.4, -0.2) is 36.7 Å². The van der Waals surface area contributed by atoms with Crippen molar-refractivity contribution >= 4 is 17.9 Å². The summed E-state index contributed by atoms with van der Waals surface area (Å²) in [6.07, 6.45) is -1.03. The molecular weight excluding hydrogens is 424 g/mol. The van der Waals surface area contributed by atoms with Gasteiger partial charge < -0.3 is 18.9 Å². The Bertz CT molecular complexity index is 1140. The Balaban J connectivity index is 1.57. The Kier molecular flexibility index (Phi) is 6.80. The summed E-state index contributed by atoms with van der Waals surface area (Å²) in [5.41, 5.74) is 0.920. The van der Waals surface area contributed by atoms with Crippen molar-refractivity contribution in [2.75, 3.05) is 6.61 Å². The first kappa shape index (κ1) is 21.8. The summed E-state index contributed by atoms with van der Waals surface area (Å²) in [4.78, 5) is 38.0. The van der Waals surface area contributed by atoms with E-state index >= 15 is 0 Å². The van der Waals surface area contributed by atoms with Gasteiger partial charge in [0.05, 0.1) is 16.7 Å². The van der Waals surface area contributed by atoms with Gasteiger partial charge in [-0.05, 0) is 36.4 Å². The third-order valence-electron chi connectivity index (χ3n) is 4.81. The maximum atomic E-state index is 12.7. The lowest BCUT2D eigenvalue weighted by Gasteiger charge is -2.30. The van der Waals surface area contributed by atoms with Gasteiger partial charge in [0.25, 0.3) is 0 Å². The normalized spacial score (nSPS) is 17.2. The minimum atomic E-state index is -1.19. The monoisotopic (exact) mass is 444 g/mol. The predicted octanol–water partition coefficient (Wildman–Crippen LogP) is 4.17. The molecule has 0 aromatic heterocycles. The van der Waals surface area contributed by atoms with Crippen molar-refractivity contribution in [3.8, 4) is 0 Å². The van der Waals surface area contributed by atoms with Crippen LogP contribution >= 0.6 is 0 Å². The standard InChI is InChI=1S/C26H20O7/c27-24(18-10-4-1-5-11-18)31-21-16-30-17-22(32-25(28)19-12-6-2-7-13-19)23(21)33-26(29)20-14-8-3-9-15-20/h1-16,22-23H,17H2. The smallest absolute Gasteiger partial charge is 0.343 e. The molecule has 0 radical (unpaired) electrons. The van der Waals surface area contributed by atoms with Crippen LogP contribution in [0.5, 0.6) is 0 Å². The molecule has 0 bridgehead atoms. The minimum Gasteiger partial charge on any atom is -0.493 e. The highest BCUT2D eigenvalue weighted by Gasteiger charge is 2.38. The van der Waals surface area contributed by atoms with Crippen LogP contribution in [0.3, 0.4) is 0 Å². The highest BCUT2D eigenvalue weighted by Crippen LogP contribution is 2.24. The van der Waals surface area contributed by atoms with Gasteiger partial charge in [0.1, 0.15) is 12.9 Å².